The molecule has 2 aliphatic carbocycles. The third kappa shape index (κ3) is 3.25. The minimum Gasteiger partial charge on any atom is -0.292 e. The largest absolute Gasteiger partial charge is 0.292 e. The third-order valence-electron chi connectivity index (χ3n) is 5.88. The van der Waals surface area contributed by atoms with E-state index in [1.807, 2.05) is 6.07 Å². The summed E-state index contributed by atoms with van der Waals surface area (Å²) in [5, 5.41) is 0. The fourth-order valence-corrected chi connectivity index (χ4v) is 6.66. The van der Waals surface area contributed by atoms with Crippen LogP contribution in [0.15, 0.2) is 40.0 Å². The number of hydrogen-bond donors (Lipinski definition) is 0. The summed E-state index contributed by atoms with van der Waals surface area (Å²) < 4.78 is 2.97. The standard InChI is InChI=1S/C22H24N2OS2/c25-22-21-20(17-12-7-13-18(17)27-21)23-19(14-26-16-10-5-2-6-11-16)24(22)15-8-3-1-4-9-15/h2,5-6,10-11,15H,1,3-4,7-9,12-14H2. The summed E-state index contributed by atoms with van der Waals surface area (Å²) in [4.78, 5) is 21.2. The fraction of sp³-hybridized carbons (Fsp3) is 0.455. The Labute approximate surface area is 167 Å². The van der Waals surface area contributed by atoms with E-state index in [2.05, 4.69) is 28.8 Å². The highest BCUT2D eigenvalue weighted by atomic mass is 32.2. The maximum atomic E-state index is 13.5. The first-order chi connectivity index (χ1) is 13.3. The average Bonchev–Trinajstić information content (AvgIpc) is 3.30. The van der Waals surface area contributed by atoms with Crippen LogP contribution in [0.3, 0.4) is 0 Å². The van der Waals surface area contributed by atoms with E-state index in [0.717, 1.165) is 47.5 Å². The van der Waals surface area contributed by atoms with E-state index in [1.165, 1.54) is 41.0 Å². The summed E-state index contributed by atoms with van der Waals surface area (Å²) in [6, 6.07) is 10.8. The molecule has 2 aromatic heterocycles. The van der Waals surface area contributed by atoms with E-state index in [4.69, 9.17) is 4.98 Å². The van der Waals surface area contributed by atoms with Crippen LogP contribution in [0.2, 0.25) is 0 Å². The van der Waals surface area contributed by atoms with Gasteiger partial charge in [0.15, 0.2) is 0 Å². The number of hydrogen-bond acceptors (Lipinski definition) is 4. The molecule has 1 aromatic carbocycles. The molecule has 0 aliphatic heterocycles. The molecule has 140 valence electrons. The van der Waals surface area contributed by atoms with Gasteiger partial charge in [-0.3, -0.25) is 9.36 Å². The minimum atomic E-state index is 0.218. The smallest absolute Gasteiger partial charge is 0.271 e. The summed E-state index contributed by atoms with van der Waals surface area (Å²) in [7, 11) is 0. The number of thiophene rings is 1. The van der Waals surface area contributed by atoms with Gasteiger partial charge in [0.25, 0.3) is 5.56 Å². The van der Waals surface area contributed by atoms with Crippen molar-refractivity contribution < 1.29 is 0 Å². The predicted molar refractivity (Wildman–Crippen MR) is 114 cm³/mol. The van der Waals surface area contributed by atoms with Crippen LogP contribution in [0, 0.1) is 0 Å². The Hall–Kier alpha value is -1.59. The van der Waals surface area contributed by atoms with Crippen LogP contribution >= 0.6 is 23.1 Å². The zero-order valence-electron chi connectivity index (χ0n) is 15.4. The summed E-state index contributed by atoms with van der Waals surface area (Å²) in [6.07, 6.45) is 9.37. The Morgan fingerprint density at radius 1 is 1.07 bits per heavy atom. The van der Waals surface area contributed by atoms with Crippen LogP contribution in [0.1, 0.15) is 60.8 Å². The molecule has 0 spiro atoms. The van der Waals surface area contributed by atoms with Crippen LogP contribution in [0.25, 0.3) is 10.2 Å². The second-order valence-electron chi connectivity index (χ2n) is 7.63. The number of benzene rings is 1. The molecule has 5 rings (SSSR count). The Kier molecular flexibility index (Phi) is 4.82. The van der Waals surface area contributed by atoms with Crippen LogP contribution in [0.4, 0.5) is 0 Å². The number of fused-ring (bicyclic) bond motifs is 3. The lowest BCUT2D eigenvalue weighted by Gasteiger charge is -2.26. The van der Waals surface area contributed by atoms with Crippen molar-refractivity contribution in [2.75, 3.05) is 0 Å². The lowest BCUT2D eigenvalue weighted by molar-refractivity contribution is 0.339. The van der Waals surface area contributed by atoms with E-state index in [1.54, 1.807) is 23.1 Å². The van der Waals surface area contributed by atoms with Gasteiger partial charge in [0.2, 0.25) is 0 Å². The Balaban J connectivity index is 1.60. The molecule has 2 aliphatic rings. The van der Waals surface area contributed by atoms with Gasteiger partial charge in [0.05, 0.1) is 11.3 Å². The molecule has 2 heterocycles. The van der Waals surface area contributed by atoms with Gasteiger partial charge < -0.3 is 0 Å². The van der Waals surface area contributed by atoms with E-state index in [9.17, 15) is 4.79 Å². The van der Waals surface area contributed by atoms with Gasteiger partial charge >= 0.3 is 0 Å². The highest BCUT2D eigenvalue weighted by Gasteiger charge is 2.26. The molecular weight excluding hydrogens is 372 g/mol. The first-order valence-electron chi connectivity index (χ1n) is 10.0. The van der Waals surface area contributed by atoms with E-state index < -0.39 is 0 Å². The highest BCUT2D eigenvalue weighted by Crippen LogP contribution is 2.37. The van der Waals surface area contributed by atoms with Crippen LogP contribution in [0.5, 0.6) is 0 Å². The minimum absolute atomic E-state index is 0.218. The van der Waals surface area contributed by atoms with Gasteiger partial charge in [-0.2, -0.15) is 0 Å². The average molecular weight is 397 g/mol. The lowest BCUT2D eigenvalue weighted by atomic mass is 9.95. The van der Waals surface area contributed by atoms with Crippen LogP contribution < -0.4 is 5.56 Å². The maximum absolute atomic E-state index is 13.5. The van der Waals surface area contributed by atoms with E-state index in [-0.39, 0.29) is 5.56 Å². The van der Waals surface area contributed by atoms with Gasteiger partial charge in [0.1, 0.15) is 10.5 Å². The van der Waals surface area contributed by atoms with Crippen molar-refractivity contribution in [2.24, 2.45) is 0 Å². The number of aromatic nitrogens is 2. The topological polar surface area (TPSA) is 34.9 Å². The second kappa shape index (κ2) is 7.44. The van der Waals surface area contributed by atoms with Gasteiger partial charge in [0, 0.05) is 15.8 Å². The van der Waals surface area contributed by atoms with Crippen LogP contribution in [-0.4, -0.2) is 9.55 Å². The predicted octanol–water partition coefficient (Wildman–Crippen LogP) is 5.74. The van der Waals surface area contributed by atoms with E-state index in [0.29, 0.717) is 6.04 Å². The number of aryl methyl sites for hydroxylation is 2. The molecular formula is C22H24N2OS2. The lowest BCUT2D eigenvalue weighted by Crippen LogP contribution is -2.30. The van der Waals surface area contributed by atoms with E-state index >= 15 is 0 Å². The normalized spacial score (nSPS) is 17.5. The summed E-state index contributed by atoms with van der Waals surface area (Å²) in [5.74, 6) is 1.73. The first kappa shape index (κ1) is 17.5. The van der Waals surface area contributed by atoms with Gasteiger partial charge in [-0.05, 0) is 49.8 Å². The molecule has 3 aromatic rings. The summed E-state index contributed by atoms with van der Waals surface area (Å²) in [6.45, 7) is 0. The molecule has 5 heteroatoms. The van der Waals surface area contributed by atoms with Crippen molar-refractivity contribution in [3.63, 3.8) is 0 Å². The molecule has 0 radical (unpaired) electrons. The molecule has 0 atom stereocenters. The van der Waals surface area contributed by atoms with Crippen LogP contribution in [-0.2, 0) is 18.6 Å². The summed E-state index contributed by atoms with van der Waals surface area (Å²) in [5.41, 5.74) is 2.58. The van der Waals surface area contributed by atoms with Crippen molar-refractivity contribution in [3.8, 4) is 0 Å². The van der Waals surface area contributed by atoms with Gasteiger partial charge in [-0.25, -0.2) is 4.98 Å². The first-order valence-corrected chi connectivity index (χ1v) is 11.8. The van der Waals surface area contributed by atoms with Crippen molar-refractivity contribution >= 4 is 33.3 Å². The molecule has 1 saturated carbocycles. The number of rotatable bonds is 4. The zero-order chi connectivity index (χ0) is 18.2. The fourth-order valence-electron chi connectivity index (χ4n) is 4.54. The molecule has 0 amide bonds. The highest BCUT2D eigenvalue weighted by molar-refractivity contribution is 7.98. The monoisotopic (exact) mass is 396 g/mol. The Morgan fingerprint density at radius 2 is 1.89 bits per heavy atom. The maximum Gasteiger partial charge on any atom is 0.271 e. The number of nitrogens with zero attached hydrogens (tertiary/aromatic N) is 2. The molecule has 0 saturated heterocycles. The quantitative estimate of drug-likeness (QED) is 0.527. The molecule has 0 bridgehead atoms. The SMILES string of the molecule is O=c1c2sc3c(c2nc(CSc2ccccc2)n1C1CCCCC1)CCC3. The zero-order valence-corrected chi connectivity index (χ0v) is 17.1. The Morgan fingerprint density at radius 3 is 2.70 bits per heavy atom. The van der Waals surface area contributed by atoms with Gasteiger partial charge in [-0.1, -0.05) is 37.5 Å². The van der Waals surface area contributed by atoms with Crippen molar-refractivity contribution in [1.29, 1.82) is 0 Å². The molecule has 27 heavy (non-hydrogen) atoms. The van der Waals surface area contributed by atoms with Gasteiger partial charge in [-0.15, -0.1) is 23.1 Å². The molecule has 3 nitrogen and oxygen atoms in total. The van der Waals surface area contributed by atoms with Crippen molar-refractivity contribution in [1.82, 2.24) is 9.55 Å². The summed E-state index contributed by atoms with van der Waals surface area (Å²) >= 11 is 3.50. The third-order valence-corrected chi connectivity index (χ3v) is 8.15. The second-order valence-corrected chi connectivity index (χ2v) is 9.79. The van der Waals surface area contributed by atoms with Crippen molar-refractivity contribution in [3.05, 3.63) is 57.0 Å². The number of thioether (sulfide) groups is 1. The van der Waals surface area contributed by atoms with Crippen molar-refractivity contribution in [2.45, 2.75) is 68.1 Å². The molecule has 0 N–H and O–H groups in total. The molecule has 0 unspecified atom stereocenters. The Bertz CT molecular complexity index is 1020. The molecule has 1 fully saturated rings.